The van der Waals surface area contributed by atoms with Gasteiger partial charge in [0, 0.05) is 31.4 Å². The van der Waals surface area contributed by atoms with Gasteiger partial charge in [-0.15, -0.1) is 0 Å². The number of rotatable bonds is 5. The van der Waals surface area contributed by atoms with Crippen LogP contribution in [-0.2, 0) is 13.0 Å². The quantitative estimate of drug-likeness (QED) is 0.624. The van der Waals surface area contributed by atoms with E-state index >= 15 is 0 Å². The van der Waals surface area contributed by atoms with Crippen molar-refractivity contribution in [3.8, 4) is 5.88 Å². The number of pyridine rings is 2. The lowest BCUT2D eigenvalue weighted by atomic mass is 10.1. The van der Waals surface area contributed by atoms with E-state index in [1.54, 1.807) is 30.2 Å². The third-order valence-electron chi connectivity index (χ3n) is 5.51. The topological polar surface area (TPSA) is 90.2 Å². The lowest BCUT2D eigenvalue weighted by Gasteiger charge is -2.18. The number of carbonyl (C=O) groups is 1. The normalized spacial score (nSPS) is 16.1. The Kier molecular flexibility index (Phi) is 5.67. The average molecular weight is 425 g/mol. The van der Waals surface area contributed by atoms with Gasteiger partial charge in [-0.05, 0) is 32.4 Å². The van der Waals surface area contributed by atoms with Crippen LogP contribution >= 0.6 is 0 Å². The first-order valence-electron chi connectivity index (χ1n) is 10.4. The summed E-state index contributed by atoms with van der Waals surface area (Å²) in [5.74, 6) is -1.04. The van der Waals surface area contributed by atoms with Gasteiger partial charge in [0.25, 0.3) is 11.8 Å². The Balaban J connectivity index is 1.57. The summed E-state index contributed by atoms with van der Waals surface area (Å²) in [4.78, 5) is 39.9. The highest BCUT2D eigenvalue weighted by molar-refractivity contribution is 5.97. The highest BCUT2D eigenvalue weighted by atomic mass is 19.1. The van der Waals surface area contributed by atoms with Gasteiger partial charge in [0.05, 0.1) is 17.6 Å². The Hall–Kier alpha value is -3.36. The van der Waals surface area contributed by atoms with Crippen LogP contribution in [0.1, 0.15) is 42.0 Å². The Morgan fingerprint density at radius 1 is 1.29 bits per heavy atom. The van der Waals surface area contributed by atoms with Crippen molar-refractivity contribution < 1.29 is 13.9 Å². The second-order valence-corrected chi connectivity index (χ2v) is 7.55. The standard InChI is InChI=1S/C22H24FN5O3/c1-4-17-18(23)21(25-12-24-17)31-14-8-9-28(10-14)22(30)16-11-27(5-2)20-15(19(16)29)7-6-13(3)26-20/h6-7,11-12,14H,4-5,8-10H2,1-3H3. The zero-order chi connectivity index (χ0) is 22.1. The lowest BCUT2D eigenvalue weighted by molar-refractivity contribution is 0.0768. The molecule has 1 atom stereocenters. The van der Waals surface area contributed by atoms with Crippen LogP contribution in [0.25, 0.3) is 11.0 Å². The summed E-state index contributed by atoms with van der Waals surface area (Å²) in [5.41, 5.74) is 1.42. The van der Waals surface area contributed by atoms with Crippen LogP contribution in [0.4, 0.5) is 4.39 Å². The zero-order valence-corrected chi connectivity index (χ0v) is 17.8. The number of likely N-dealkylation sites (tertiary alicyclic amines) is 1. The number of aromatic nitrogens is 4. The molecule has 0 aliphatic carbocycles. The molecule has 0 spiro atoms. The second-order valence-electron chi connectivity index (χ2n) is 7.55. The smallest absolute Gasteiger partial charge is 0.259 e. The fourth-order valence-corrected chi connectivity index (χ4v) is 3.81. The highest BCUT2D eigenvalue weighted by Gasteiger charge is 2.31. The number of fused-ring (bicyclic) bond motifs is 1. The minimum atomic E-state index is -0.571. The average Bonchev–Trinajstić information content (AvgIpc) is 3.23. The van der Waals surface area contributed by atoms with Gasteiger partial charge in [-0.3, -0.25) is 9.59 Å². The van der Waals surface area contributed by atoms with Gasteiger partial charge in [-0.2, -0.15) is 9.37 Å². The van der Waals surface area contributed by atoms with E-state index in [9.17, 15) is 14.0 Å². The van der Waals surface area contributed by atoms with Crippen molar-refractivity contribution in [3.05, 3.63) is 57.6 Å². The molecule has 9 heteroatoms. The molecule has 0 aromatic carbocycles. The predicted molar refractivity (Wildman–Crippen MR) is 113 cm³/mol. The molecule has 1 aliphatic heterocycles. The maximum absolute atomic E-state index is 14.4. The summed E-state index contributed by atoms with van der Waals surface area (Å²) in [6.07, 6.45) is 3.39. The van der Waals surface area contributed by atoms with E-state index < -0.39 is 11.9 Å². The Morgan fingerprint density at radius 2 is 2.10 bits per heavy atom. The van der Waals surface area contributed by atoms with Crippen molar-refractivity contribution in [3.63, 3.8) is 0 Å². The van der Waals surface area contributed by atoms with Crippen molar-refractivity contribution in [2.24, 2.45) is 0 Å². The Morgan fingerprint density at radius 3 is 2.84 bits per heavy atom. The molecule has 1 aliphatic rings. The third-order valence-corrected chi connectivity index (χ3v) is 5.51. The maximum Gasteiger partial charge on any atom is 0.259 e. The van der Waals surface area contributed by atoms with Crippen molar-refractivity contribution in [2.45, 2.75) is 46.3 Å². The molecule has 3 aromatic heterocycles. The molecule has 0 N–H and O–H groups in total. The number of amides is 1. The molecule has 0 saturated carbocycles. The van der Waals surface area contributed by atoms with Crippen LogP contribution in [-0.4, -0.2) is 49.5 Å². The molecule has 4 rings (SSSR count). The molecular formula is C22H24FN5O3. The summed E-state index contributed by atoms with van der Waals surface area (Å²) < 4.78 is 21.9. The van der Waals surface area contributed by atoms with Gasteiger partial charge in [-0.25, -0.2) is 9.97 Å². The van der Waals surface area contributed by atoms with Gasteiger partial charge in [-0.1, -0.05) is 6.92 Å². The SMILES string of the molecule is CCc1ncnc(OC2CCN(C(=O)c3cn(CC)c4nc(C)ccc4c3=O)C2)c1F. The first-order chi connectivity index (χ1) is 14.9. The molecule has 0 bridgehead atoms. The van der Waals surface area contributed by atoms with Crippen molar-refractivity contribution >= 4 is 16.9 Å². The fraction of sp³-hybridized carbons (Fsp3) is 0.409. The molecule has 1 amide bonds. The maximum atomic E-state index is 14.4. The van der Waals surface area contributed by atoms with Crippen LogP contribution in [0.2, 0.25) is 0 Å². The van der Waals surface area contributed by atoms with Gasteiger partial charge in [0.15, 0.2) is 0 Å². The number of carbonyl (C=O) groups excluding carboxylic acids is 1. The van der Waals surface area contributed by atoms with Crippen LogP contribution in [0.5, 0.6) is 5.88 Å². The van der Waals surface area contributed by atoms with Gasteiger partial charge < -0.3 is 14.2 Å². The summed E-state index contributed by atoms with van der Waals surface area (Å²) in [6, 6.07) is 3.47. The molecule has 1 saturated heterocycles. The first-order valence-corrected chi connectivity index (χ1v) is 10.4. The highest BCUT2D eigenvalue weighted by Crippen LogP contribution is 2.22. The van der Waals surface area contributed by atoms with E-state index in [4.69, 9.17) is 4.74 Å². The minimum Gasteiger partial charge on any atom is -0.470 e. The molecule has 8 nitrogen and oxygen atoms in total. The number of halogens is 1. The number of ether oxygens (including phenoxy) is 1. The molecule has 1 unspecified atom stereocenters. The second kappa shape index (κ2) is 8.41. The van der Waals surface area contributed by atoms with E-state index in [2.05, 4.69) is 15.0 Å². The van der Waals surface area contributed by atoms with Crippen LogP contribution in [0.15, 0.2) is 29.5 Å². The molecular weight excluding hydrogens is 401 g/mol. The third kappa shape index (κ3) is 3.87. The van der Waals surface area contributed by atoms with Gasteiger partial charge in [0.2, 0.25) is 11.2 Å². The lowest BCUT2D eigenvalue weighted by Crippen LogP contribution is -2.35. The van der Waals surface area contributed by atoms with Gasteiger partial charge in [0.1, 0.15) is 23.6 Å². The largest absolute Gasteiger partial charge is 0.470 e. The van der Waals surface area contributed by atoms with E-state index in [-0.39, 0.29) is 35.0 Å². The van der Waals surface area contributed by atoms with Crippen molar-refractivity contribution in [1.29, 1.82) is 0 Å². The van der Waals surface area contributed by atoms with Gasteiger partial charge >= 0.3 is 0 Å². The first kappa shape index (κ1) is 20.9. The van der Waals surface area contributed by atoms with Crippen LogP contribution < -0.4 is 10.2 Å². The number of hydrogen-bond donors (Lipinski definition) is 0. The molecule has 3 aromatic rings. The van der Waals surface area contributed by atoms with Crippen LogP contribution in [0, 0.1) is 12.7 Å². The van der Waals surface area contributed by atoms with Crippen molar-refractivity contribution in [1.82, 2.24) is 24.4 Å². The Bertz CT molecular complexity index is 1210. The van der Waals surface area contributed by atoms with Crippen molar-refractivity contribution in [2.75, 3.05) is 13.1 Å². The minimum absolute atomic E-state index is 0.0992. The van der Waals surface area contributed by atoms with E-state index in [0.717, 1.165) is 5.69 Å². The number of aryl methyl sites for hydroxylation is 3. The molecule has 31 heavy (non-hydrogen) atoms. The van der Waals surface area contributed by atoms with E-state index in [1.807, 2.05) is 18.4 Å². The molecule has 4 heterocycles. The summed E-state index contributed by atoms with van der Waals surface area (Å²) in [7, 11) is 0. The molecule has 1 fully saturated rings. The summed E-state index contributed by atoms with van der Waals surface area (Å²) in [5, 5.41) is 0.417. The van der Waals surface area contributed by atoms with Crippen LogP contribution in [0.3, 0.4) is 0 Å². The summed E-state index contributed by atoms with van der Waals surface area (Å²) >= 11 is 0. The summed E-state index contributed by atoms with van der Waals surface area (Å²) in [6.45, 7) is 6.83. The molecule has 0 radical (unpaired) electrons. The predicted octanol–water partition coefficient (Wildman–Crippen LogP) is 2.51. The fourth-order valence-electron chi connectivity index (χ4n) is 3.81. The van der Waals surface area contributed by atoms with E-state index in [1.165, 1.54) is 6.33 Å². The number of hydrogen-bond acceptors (Lipinski definition) is 6. The molecule has 162 valence electrons. The monoisotopic (exact) mass is 425 g/mol. The zero-order valence-electron chi connectivity index (χ0n) is 17.8. The Labute approximate surface area is 178 Å². The van der Waals surface area contributed by atoms with E-state index in [0.29, 0.717) is 37.0 Å². The number of nitrogens with zero attached hydrogens (tertiary/aromatic N) is 5.